The minimum Gasteiger partial charge on any atom is -0.353 e. The second-order valence-electron chi connectivity index (χ2n) is 8.96. The maximum Gasteiger partial charge on any atom is 0.177 e. The molecule has 0 radical (unpaired) electrons. The second kappa shape index (κ2) is 8.12. The van der Waals surface area contributed by atoms with Crippen molar-refractivity contribution in [2.45, 2.75) is 37.3 Å². The topological polar surface area (TPSA) is 106 Å². The molecule has 1 aromatic carbocycles. The summed E-state index contributed by atoms with van der Waals surface area (Å²) in [6.45, 7) is 1.89. The van der Waals surface area contributed by atoms with Gasteiger partial charge < -0.3 is 5.32 Å². The van der Waals surface area contributed by atoms with Crippen LogP contribution in [0, 0.1) is 5.92 Å². The summed E-state index contributed by atoms with van der Waals surface area (Å²) in [4.78, 5) is 21.6. The molecule has 5 rings (SSSR count). The molecular weight excluding hydrogens is 457 g/mol. The van der Waals surface area contributed by atoms with E-state index in [1.165, 1.54) is 0 Å². The number of pyridine rings is 1. The van der Waals surface area contributed by atoms with E-state index in [0.29, 0.717) is 46.1 Å². The molecule has 1 fully saturated rings. The number of Topliss-reactive ketones (excluding diaryl/α,β-unsaturated/α-hetero) is 1. The highest BCUT2D eigenvalue weighted by molar-refractivity contribution is 7.90. The van der Waals surface area contributed by atoms with Gasteiger partial charge in [-0.15, -0.1) is 0 Å². The first-order chi connectivity index (χ1) is 16.1. The van der Waals surface area contributed by atoms with Crippen LogP contribution in [0.3, 0.4) is 0 Å². The van der Waals surface area contributed by atoms with Gasteiger partial charge in [-0.05, 0) is 37.6 Å². The Labute approximate surface area is 196 Å². The Balaban J connectivity index is 1.53. The molecule has 176 valence electrons. The van der Waals surface area contributed by atoms with Crippen LogP contribution in [-0.4, -0.2) is 47.1 Å². The molecule has 1 N–H and O–H groups in total. The number of carbonyl (C=O) groups excluding carboxylic acids is 1. The number of sulfone groups is 1. The van der Waals surface area contributed by atoms with E-state index in [9.17, 15) is 17.6 Å². The standard InChI is InChI=1S/C24H24FN5O3S/c1-13-8-20-24(26-13)21(10-15(27-20)11-22(31)16-12-17(16)25)28-19-5-4-14(9-23(19)34(3,32)33)18-6-7-30(2)29-18/h4-7,9-10,16-17H,8,11-12H2,1-3H3,(H,27,28)/t16?,17-/m0/s1. The van der Waals surface area contributed by atoms with E-state index in [0.717, 1.165) is 12.0 Å². The summed E-state index contributed by atoms with van der Waals surface area (Å²) in [6, 6.07) is 8.60. The number of halogens is 1. The lowest BCUT2D eigenvalue weighted by atomic mass is 10.1. The summed E-state index contributed by atoms with van der Waals surface area (Å²) >= 11 is 0. The average molecular weight is 482 g/mol. The van der Waals surface area contributed by atoms with E-state index in [2.05, 4.69) is 20.4 Å². The number of fused-ring (bicyclic) bond motifs is 1. The van der Waals surface area contributed by atoms with Gasteiger partial charge >= 0.3 is 0 Å². The molecule has 3 aromatic rings. The van der Waals surface area contributed by atoms with Gasteiger partial charge in [-0.3, -0.25) is 19.5 Å². The van der Waals surface area contributed by atoms with Crippen molar-refractivity contribution in [1.82, 2.24) is 14.8 Å². The number of nitrogens with zero attached hydrogens (tertiary/aromatic N) is 4. The lowest BCUT2D eigenvalue weighted by Crippen LogP contribution is -2.10. The Bertz CT molecular complexity index is 1460. The van der Waals surface area contributed by atoms with E-state index < -0.39 is 21.9 Å². The highest BCUT2D eigenvalue weighted by Gasteiger charge is 2.43. The summed E-state index contributed by atoms with van der Waals surface area (Å²) in [7, 11) is -1.79. The Morgan fingerprint density at radius 1 is 1.24 bits per heavy atom. The van der Waals surface area contributed by atoms with Gasteiger partial charge in [-0.2, -0.15) is 5.10 Å². The van der Waals surface area contributed by atoms with Gasteiger partial charge in [0.2, 0.25) is 0 Å². The number of anilines is 2. The third kappa shape index (κ3) is 4.37. The summed E-state index contributed by atoms with van der Waals surface area (Å²) < 4.78 is 40.3. The third-order valence-electron chi connectivity index (χ3n) is 5.99. The molecule has 0 bridgehead atoms. The number of nitrogens with one attached hydrogen (secondary N) is 1. The van der Waals surface area contributed by atoms with E-state index in [4.69, 9.17) is 0 Å². The Morgan fingerprint density at radius 3 is 2.65 bits per heavy atom. The Hall–Kier alpha value is -3.40. The summed E-state index contributed by atoms with van der Waals surface area (Å²) in [5, 5.41) is 7.57. The van der Waals surface area contributed by atoms with Crippen molar-refractivity contribution in [2.24, 2.45) is 18.0 Å². The summed E-state index contributed by atoms with van der Waals surface area (Å²) in [5.41, 5.74) is 5.01. The van der Waals surface area contributed by atoms with Crippen molar-refractivity contribution in [3.05, 3.63) is 47.9 Å². The summed E-state index contributed by atoms with van der Waals surface area (Å²) in [6.07, 6.45) is 2.74. The monoisotopic (exact) mass is 481 g/mol. The Morgan fingerprint density at radius 2 is 2.00 bits per heavy atom. The first-order valence-corrected chi connectivity index (χ1v) is 12.8. The molecule has 1 aliphatic carbocycles. The smallest absolute Gasteiger partial charge is 0.177 e. The van der Waals surface area contributed by atoms with Crippen molar-refractivity contribution >= 4 is 38.4 Å². The number of hydrogen-bond acceptors (Lipinski definition) is 7. The first-order valence-electron chi connectivity index (χ1n) is 10.9. The molecular formula is C24H24FN5O3S. The first kappa shape index (κ1) is 22.4. The molecule has 10 heteroatoms. The van der Waals surface area contributed by atoms with Crippen LogP contribution in [-0.2, 0) is 34.5 Å². The number of alkyl halides is 1. The molecule has 34 heavy (non-hydrogen) atoms. The molecule has 1 saturated carbocycles. The predicted octanol–water partition coefficient (Wildman–Crippen LogP) is 3.75. The van der Waals surface area contributed by atoms with Crippen molar-refractivity contribution in [3.8, 4) is 11.3 Å². The molecule has 3 heterocycles. The molecule has 2 atom stereocenters. The van der Waals surface area contributed by atoms with E-state index in [1.54, 1.807) is 42.2 Å². The molecule has 2 aromatic heterocycles. The molecule has 2 aliphatic rings. The highest BCUT2D eigenvalue weighted by atomic mass is 32.2. The molecule has 1 aliphatic heterocycles. The minimum absolute atomic E-state index is 0.0314. The van der Waals surface area contributed by atoms with Gasteiger partial charge in [-0.25, -0.2) is 12.8 Å². The number of carbonyl (C=O) groups is 1. The van der Waals surface area contributed by atoms with Gasteiger partial charge in [0.1, 0.15) is 17.6 Å². The third-order valence-corrected chi connectivity index (χ3v) is 7.12. The van der Waals surface area contributed by atoms with Crippen molar-refractivity contribution < 1.29 is 17.6 Å². The molecule has 0 spiro atoms. The van der Waals surface area contributed by atoms with Gasteiger partial charge in [0, 0.05) is 43.6 Å². The van der Waals surface area contributed by atoms with E-state index >= 15 is 0 Å². The highest BCUT2D eigenvalue weighted by Crippen LogP contribution is 2.39. The fourth-order valence-electron chi connectivity index (χ4n) is 4.17. The van der Waals surface area contributed by atoms with Gasteiger partial charge in [-0.1, -0.05) is 6.07 Å². The van der Waals surface area contributed by atoms with Crippen LogP contribution in [0.15, 0.2) is 46.4 Å². The van der Waals surface area contributed by atoms with Gasteiger partial charge in [0.05, 0.1) is 39.3 Å². The molecule has 0 amide bonds. The number of aliphatic imine (C=N–C) groups is 1. The molecule has 8 nitrogen and oxygen atoms in total. The molecule has 1 unspecified atom stereocenters. The molecule has 0 saturated heterocycles. The zero-order valence-electron chi connectivity index (χ0n) is 19.0. The number of hydrogen-bond donors (Lipinski definition) is 1. The van der Waals surface area contributed by atoms with Crippen LogP contribution in [0.4, 0.5) is 21.5 Å². The minimum atomic E-state index is -3.58. The number of rotatable bonds is 7. The fourth-order valence-corrected chi connectivity index (χ4v) is 5.03. The van der Waals surface area contributed by atoms with Crippen molar-refractivity contribution in [3.63, 3.8) is 0 Å². The van der Waals surface area contributed by atoms with Crippen LogP contribution in [0.25, 0.3) is 11.3 Å². The number of aromatic nitrogens is 3. The Kier molecular flexibility index (Phi) is 5.35. The van der Waals surface area contributed by atoms with E-state index in [-0.39, 0.29) is 23.5 Å². The number of ketones is 1. The maximum absolute atomic E-state index is 13.3. The largest absolute Gasteiger partial charge is 0.353 e. The van der Waals surface area contributed by atoms with Crippen LogP contribution in [0.1, 0.15) is 24.7 Å². The number of benzene rings is 1. The second-order valence-corrected chi connectivity index (χ2v) is 10.9. The van der Waals surface area contributed by atoms with Crippen LogP contribution in [0.5, 0.6) is 0 Å². The zero-order valence-corrected chi connectivity index (χ0v) is 19.9. The maximum atomic E-state index is 13.3. The zero-order chi connectivity index (χ0) is 24.2. The SMILES string of the molecule is CC1=Nc2c(Nc3ccc(-c4ccn(C)n4)cc3S(C)(=O)=O)cc(CC(=O)C3C[C@@H]3F)nc2C1. The van der Waals surface area contributed by atoms with Crippen molar-refractivity contribution in [1.29, 1.82) is 0 Å². The van der Waals surface area contributed by atoms with Crippen molar-refractivity contribution in [2.75, 3.05) is 11.6 Å². The van der Waals surface area contributed by atoms with Crippen LogP contribution in [0.2, 0.25) is 0 Å². The normalized spacial score (nSPS) is 19.0. The number of aryl methyl sites for hydroxylation is 1. The van der Waals surface area contributed by atoms with Crippen LogP contribution >= 0.6 is 0 Å². The quantitative estimate of drug-likeness (QED) is 0.551. The predicted molar refractivity (Wildman–Crippen MR) is 127 cm³/mol. The van der Waals surface area contributed by atoms with Gasteiger partial charge in [0.15, 0.2) is 9.84 Å². The van der Waals surface area contributed by atoms with E-state index in [1.807, 2.05) is 13.0 Å². The van der Waals surface area contributed by atoms with Crippen LogP contribution < -0.4 is 5.32 Å². The van der Waals surface area contributed by atoms with Gasteiger partial charge in [0.25, 0.3) is 0 Å². The fraction of sp³-hybridized carbons (Fsp3) is 0.333. The average Bonchev–Trinajstić information content (AvgIpc) is 3.14. The summed E-state index contributed by atoms with van der Waals surface area (Å²) in [5.74, 6) is -0.710. The lowest BCUT2D eigenvalue weighted by Gasteiger charge is -2.15. The lowest BCUT2D eigenvalue weighted by molar-refractivity contribution is -0.120.